The van der Waals surface area contributed by atoms with Crippen LogP contribution in [0.4, 0.5) is 10.2 Å². The van der Waals surface area contributed by atoms with Gasteiger partial charge in [-0.3, -0.25) is 0 Å². The summed E-state index contributed by atoms with van der Waals surface area (Å²) in [6.45, 7) is 2.61. The fraction of sp³-hybridized carbons (Fsp3) is 0.231. The standard InChI is InChI=1S/C13H13ClFN3/c1-9-6-11(15)3-2-10(9)4-5-16-13-7-12(14)17-8-18-13/h2-3,6-8H,4-5H2,1H3,(H,16,17,18). The lowest BCUT2D eigenvalue weighted by Gasteiger charge is -2.08. The molecule has 0 aliphatic carbocycles. The number of aryl methyl sites for hydroxylation is 1. The van der Waals surface area contributed by atoms with Crippen molar-refractivity contribution in [2.24, 2.45) is 0 Å². The summed E-state index contributed by atoms with van der Waals surface area (Å²) in [5.41, 5.74) is 2.07. The minimum Gasteiger partial charge on any atom is -0.370 e. The van der Waals surface area contributed by atoms with Gasteiger partial charge in [-0.15, -0.1) is 0 Å². The lowest BCUT2D eigenvalue weighted by Crippen LogP contribution is -2.07. The third-order valence-electron chi connectivity index (χ3n) is 2.64. The molecule has 1 aromatic carbocycles. The highest BCUT2D eigenvalue weighted by Gasteiger charge is 2.01. The van der Waals surface area contributed by atoms with E-state index in [1.165, 1.54) is 18.5 Å². The third-order valence-corrected chi connectivity index (χ3v) is 2.85. The van der Waals surface area contributed by atoms with Crippen molar-refractivity contribution in [3.8, 4) is 0 Å². The van der Waals surface area contributed by atoms with E-state index in [9.17, 15) is 4.39 Å². The Labute approximate surface area is 110 Å². The molecule has 1 N–H and O–H groups in total. The van der Waals surface area contributed by atoms with E-state index in [2.05, 4.69) is 15.3 Å². The molecule has 3 nitrogen and oxygen atoms in total. The molecule has 0 bridgehead atoms. The van der Waals surface area contributed by atoms with Gasteiger partial charge in [0.05, 0.1) is 0 Å². The number of rotatable bonds is 4. The Balaban J connectivity index is 1.92. The number of hydrogen-bond acceptors (Lipinski definition) is 3. The van der Waals surface area contributed by atoms with Gasteiger partial charge in [-0.25, -0.2) is 14.4 Å². The average Bonchev–Trinajstić information content (AvgIpc) is 2.32. The quantitative estimate of drug-likeness (QED) is 0.863. The maximum absolute atomic E-state index is 12.9. The van der Waals surface area contributed by atoms with Crippen LogP contribution < -0.4 is 5.32 Å². The molecular weight excluding hydrogens is 253 g/mol. The van der Waals surface area contributed by atoms with Gasteiger partial charge in [-0.1, -0.05) is 17.7 Å². The number of benzene rings is 1. The lowest BCUT2D eigenvalue weighted by molar-refractivity contribution is 0.625. The van der Waals surface area contributed by atoms with E-state index < -0.39 is 0 Å². The van der Waals surface area contributed by atoms with Gasteiger partial charge in [0.15, 0.2) is 0 Å². The zero-order valence-electron chi connectivity index (χ0n) is 9.95. The Morgan fingerprint density at radius 1 is 1.28 bits per heavy atom. The Bertz CT molecular complexity index is 546. The summed E-state index contributed by atoms with van der Waals surface area (Å²) in [6.07, 6.45) is 2.21. The molecule has 1 heterocycles. The van der Waals surface area contributed by atoms with Crippen molar-refractivity contribution < 1.29 is 4.39 Å². The van der Waals surface area contributed by atoms with Crippen molar-refractivity contribution in [3.05, 3.63) is 52.7 Å². The number of halogens is 2. The van der Waals surface area contributed by atoms with Gasteiger partial charge in [0, 0.05) is 12.6 Å². The fourth-order valence-electron chi connectivity index (χ4n) is 1.70. The van der Waals surface area contributed by atoms with Crippen LogP contribution in [0.25, 0.3) is 0 Å². The molecule has 0 saturated heterocycles. The Hall–Kier alpha value is -1.68. The van der Waals surface area contributed by atoms with Crippen LogP contribution in [0.2, 0.25) is 5.15 Å². The van der Waals surface area contributed by atoms with Gasteiger partial charge in [-0.2, -0.15) is 0 Å². The summed E-state index contributed by atoms with van der Waals surface area (Å²) in [7, 11) is 0. The zero-order valence-corrected chi connectivity index (χ0v) is 10.7. The number of hydrogen-bond donors (Lipinski definition) is 1. The summed E-state index contributed by atoms with van der Waals surface area (Å²) < 4.78 is 12.9. The number of anilines is 1. The summed E-state index contributed by atoms with van der Waals surface area (Å²) in [4.78, 5) is 7.84. The molecule has 94 valence electrons. The van der Waals surface area contributed by atoms with Crippen LogP contribution in [0.5, 0.6) is 0 Å². The van der Waals surface area contributed by atoms with Crippen LogP contribution in [0.15, 0.2) is 30.6 Å². The van der Waals surface area contributed by atoms with E-state index in [1.54, 1.807) is 12.1 Å². The molecule has 0 aliphatic rings. The van der Waals surface area contributed by atoms with Gasteiger partial charge in [0.2, 0.25) is 0 Å². The topological polar surface area (TPSA) is 37.8 Å². The molecule has 2 rings (SSSR count). The number of aromatic nitrogens is 2. The minimum absolute atomic E-state index is 0.202. The predicted molar refractivity (Wildman–Crippen MR) is 70.4 cm³/mol. The molecule has 0 saturated carbocycles. The van der Waals surface area contributed by atoms with Crippen molar-refractivity contribution >= 4 is 17.4 Å². The van der Waals surface area contributed by atoms with E-state index >= 15 is 0 Å². The van der Waals surface area contributed by atoms with E-state index in [1.807, 2.05) is 6.92 Å². The van der Waals surface area contributed by atoms with Crippen LogP contribution in [-0.2, 0) is 6.42 Å². The Kier molecular flexibility index (Phi) is 4.10. The molecule has 0 atom stereocenters. The second-order valence-corrected chi connectivity index (χ2v) is 4.36. The number of nitrogens with zero attached hydrogens (tertiary/aromatic N) is 2. The fourth-order valence-corrected chi connectivity index (χ4v) is 1.84. The van der Waals surface area contributed by atoms with Crippen molar-refractivity contribution in [1.29, 1.82) is 0 Å². The first-order valence-electron chi connectivity index (χ1n) is 5.61. The molecule has 18 heavy (non-hydrogen) atoms. The van der Waals surface area contributed by atoms with Crippen molar-refractivity contribution in [3.63, 3.8) is 0 Å². The maximum atomic E-state index is 12.9. The second-order valence-electron chi connectivity index (χ2n) is 3.97. The minimum atomic E-state index is -0.202. The third kappa shape index (κ3) is 3.40. The van der Waals surface area contributed by atoms with Crippen LogP contribution in [0.3, 0.4) is 0 Å². The van der Waals surface area contributed by atoms with Gasteiger partial charge < -0.3 is 5.32 Å². The number of nitrogens with one attached hydrogen (secondary N) is 1. The highest BCUT2D eigenvalue weighted by atomic mass is 35.5. The molecule has 0 aliphatic heterocycles. The summed E-state index contributed by atoms with van der Waals surface area (Å²) in [5, 5.41) is 3.55. The smallest absolute Gasteiger partial charge is 0.134 e. The Morgan fingerprint density at radius 2 is 2.11 bits per heavy atom. The van der Waals surface area contributed by atoms with E-state index in [-0.39, 0.29) is 5.82 Å². The van der Waals surface area contributed by atoms with Crippen LogP contribution in [0, 0.1) is 12.7 Å². The van der Waals surface area contributed by atoms with Crippen molar-refractivity contribution in [2.75, 3.05) is 11.9 Å². The molecule has 5 heteroatoms. The largest absolute Gasteiger partial charge is 0.370 e. The second kappa shape index (κ2) is 5.78. The zero-order chi connectivity index (χ0) is 13.0. The highest BCUT2D eigenvalue weighted by Crippen LogP contribution is 2.12. The SMILES string of the molecule is Cc1cc(F)ccc1CCNc1cc(Cl)ncn1. The van der Waals surface area contributed by atoms with Gasteiger partial charge in [-0.05, 0) is 36.6 Å². The normalized spacial score (nSPS) is 10.4. The molecule has 0 fully saturated rings. The van der Waals surface area contributed by atoms with Gasteiger partial charge >= 0.3 is 0 Å². The van der Waals surface area contributed by atoms with Gasteiger partial charge in [0.1, 0.15) is 23.1 Å². The van der Waals surface area contributed by atoms with E-state index in [0.717, 1.165) is 17.5 Å². The molecule has 2 aromatic rings. The molecule has 0 spiro atoms. The summed E-state index contributed by atoms with van der Waals surface area (Å²) in [6, 6.07) is 6.49. The van der Waals surface area contributed by atoms with Crippen LogP contribution >= 0.6 is 11.6 Å². The first-order chi connectivity index (χ1) is 8.65. The Morgan fingerprint density at radius 3 is 2.83 bits per heavy atom. The molecule has 1 aromatic heterocycles. The van der Waals surface area contributed by atoms with E-state index in [4.69, 9.17) is 11.6 Å². The highest BCUT2D eigenvalue weighted by molar-refractivity contribution is 6.29. The van der Waals surface area contributed by atoms with Crippen molar-refractivity contribution in [1.82, 2.24) is 9.97 Å². The predicted octanol–water partition coefficient (Wildman–Crippen LogP) is 3.23. The molecule has 0 radical (unpaired) electrons. The average molecular weight is 266 g/mol. The summed E-state index contributed by atoms with van der Waals surface area (Å²) in [5.74, 6) is 0.488. The van der Waals surface area contributed by atoms with Crippen LogP contribution in [0.1, 0.15) is 11.1 Å². The van der Waals surface area contributed by atoms with Crippen LogP contribution in [-0.4, -0.2) is 16.5 Å². The first-order valence-corrected chi connectivity index (χ1v) is 5.99. The maximum Gasteiger partial charge on any atom is 0.134 e. The van der Waals surface area contributed by atoms with E-state index in [0.29, 0.717) is 17.5 Å². The lowest BCUT2D eigenvalue weighted by atomic mass is 10.1. The summed E-state index contributed by atoms with van der Waals surface area (Å²) >= 11 is 5.75. The molecule has 0 unspecified atom stereocenters. The van der Waals surface area contributed by atoms with Gasteiger partial charge in [0.25, 0.3) is 0 Å². The first kappa shape index (κ1) is 12.8. The molecular formula is C13H13ClFN3. The van der Waals surface area contributed by atoms with Crippen molar-refractivity contribution in [2.45, 2.75) is 13.3 Å². The molecule has 0 amide bonds. The monoisotopic (exact) mass is 265 g/mol.